The molecule has 0 amide bonds. The third-order valence-corrected chi connectivity index (χ3v) is 0. The second-order valence-electron chi connectivity index (χ2n) is 0.492. The Kier molecular flexibility index (Phi) is 61.2. The van der Waals surface area contributed by atoms with Gasteiger partial charge < -0.3 is 56.4 Å². The molecular weight excluding hydrogens is 200 g/mol. The Bertz CT molecular complexity index is 41.8. The lowest BCUT2D eigenvalue weighted by Crippen LogP contribution is -2.18. The predicted octanol–water partition coefficient (Wildman–Crippen LogP) is -2.69. The molecule has 9 nitrogen and oxygen atoms in total. The van der Waals surface area contributed by atoms with E-state index >= 15 is 0 Å². The number of hydrogen-bond donors (Lipinski definition) is 6. The Morgan fingerprint density at radius 2 is 0.818 bits per heavy atom. The molecule has 0 atom stereocenters. The molecule has 0 fully saturated rings. The van der Waals surface area contributed by atoms with Gasteiger partial charge in [-0.1, -0.05) is 0 Å². The van der Waals surface area contributed by atoms with Crippen molar-refractivity contribution in [2.45, 2.75) is 0 Å². The van der Waals surface area contributed by atoms with E-state index in [2.05, 4.69) is 0 Å². The molecular formula is H15N3O6P2. The van der Waals surface area contributed by atoms with Gasteiger partial charge >= 0.3 is 12.9 Å². The fourth-order valence-corrected chi connectivity index (χ4v) is 0. The molecule has 0 heterocycles. The third kappa shape index (κ3) is 3030. The van der Waals surface area contributed by atoms with E-state index in [4.69, 9.17) is 29.4 Å². The zero-order valence-corrected chi connectivity index (χ0v) is 7.37. The first-order chi connectivity index (χ1) is 3.46. The molecule has 0 radical (unpaired) electrons. The molecule has 0 aliphatic rings. The Hall–Kier alpha value is 0.500. The monoisotopic (exact) mass is 215 g/mol. The Labute approximate surface area is 70.5 Å². The first-order valence-corrected chi connectivity index (χ1v) is 3.44. The molecule has 11 heteroatoms. The molecule has 0 aliphatic heterocycles. The Balaban J connectivity index is -0.00000000600. The lowest BCUT2D eigenvalue weighted by molar-refractivity contribution is -0.407. The van der Waals surface area contributed by atoms with Crippen LogP contribution in [0, 0.1) is 0 Å². The van der Waals surface area contributed by atoms with Crippen molar-refractivity contribution in [3.8, 4) is 0 Å². The lowest BCUT2D eigenvalue weighted by atomic mass is 14.0. The second-order valence-corrected chi connectivity index (χ2v) is 1.48. The fraction of sp³-hybridized carbons (Fsp3) is 0. The maximum atomic E-state index is 8.48. The highest BCUT2D eigenvalue weighted by Gasteiger charge is 1.76. The summed E-state index contributed by atoms with van der Waals surface area (Å²) >= 11 is 0. The zero-order chi connectivity index (χ0) is 7.15. The van der Waals surface area contributed by atoms with Crippen LogP contribution < -0.4 is 33.1 Å². The van der Waals surface area contributed by atoms with E-state index in [9.17, 15) is 0 Å². The molecule has 0 aromatic rings. The minimum atomic E-state index is -3.37. The van der Waals surface area contributed by atoms with Crippen LogP contribution >= 0.6 is 17.2 Å². The van der Waals surface area contributed by atoms with Gasteiger partial charge in [0, 0.05) is 0 Å². The van der Waals surface area contributed by atoms with Gasteiger partial charge in [-0.05, 0) is 0 Å². The van der Waals surface area contributed by atoms with Crippen LogP contribution in [0.4, 0.5) is 0 Å². The highest BCUT2D eigenvalue weighted by molar-refractivity contribution is 7.38. The van der Waals surface area contributed by atoms with E-state index in [-0.39, 0.29) is 22.7 Å². The standard InChI is InChI=1S/3H3N.H3O3P.O3P/c;;;2*1-4(2)3/h3*1H3;1-3H;/q;;;;-3/p+3. The largest absolute Gasteiger partial charge is 1.00 e. The van der Waals surface area contributed by atoms with Crippen LogP contribution in [0.5, 0.6) is 0 Å². The summed E-state index contributed by atoms with van der Waals surface area (Å²) in [7, 11) is -5.99. The lowest BCUT2D eigenvalue weighted by Gasteiger charge is -2.39. The van der Waals surface area contributed by atoms with Gasteiger partial charge in [-0.15, -0.1) is 0 Å². The molecule has 11 heavy (non-hydrogen) atoms. The van der Waals surface area contributed by atoms with Crippen molar-refractivity contribution >= 4 is 17.2 Å². The van der Waals surface area contributed by atoms with Gasteiger partial charge in [-0.2, -0.15) is 0 Å². The zero-order valence-electron chi connectivity index (χ0n) is 8.58. The molecule has 0 rings (SSSR count). The highest BCUT2D eigenvalue weighted by Crippen LogP contribution is 2.11. The van der Waals surface area contributed by atoms with Crippen molar-refractivity contribution < 1.29 is 33.6 Å². The van der Waals surface area contributed by atoms with Crippen LogP contribution in [-0.4, -0.2) is 14.7 Å². The summed E-state index contributed by atoms with van der Waals surface area (Å²) < 4.78 is 0. The van der Waals surface area contributed by atoms with Gasteiger partial charge in [-0.25, -0.2) is 0 Å². The van der Waals surface area contributed by atoms with Crippen molar-refractivity contribution in [1.82, 2.24) is 18.5 Å². The molecule has 0 aromatic carbocycles. The van der Waals surface area contributed by atoms with Crippen LogP contribution in [0.25, 0.3) is 0 Å². The molecule has 0 unspecified atom stereocenters. The van der Waals surface area contributed by atoms with Gasteiger partial charge in [0.15, 0.2) is 0 Å². The highest BCUT2D eigenvalue weighted by atomic mass is 31.2. The topological polar surface area (TPSA) is 235 Å². The Morgan fingerprint density at radius 3 is 0.818 bits per heavy atom. The maximum absolute atomic E-state index is 8.48. The van der Waals surface area contributed by atoms with Crippen LogP contribution in [0.15, 0.2) is 0 Å². The quantitative estimate of drug-likeness (QED) is 0.230. The molecule has 0 saturated carbocycles. The molecule has 0 aromatic heterocycles. The van der Waals surface area contributed by atoms with Crippen LogP contribution in [0.2, 0.25) is 0 Å². The van der Waals surface area contributed by atoms with Gasteiger partial charge in [0.05, 0.1) is 0 Å². The van der Waals surface area contributed by atoms with Crippen molar-refractivity contribution in [1.29, 1.82) is 0 Å². The van der Waals surface area contributed by atoms with Crippen molar-refractivity contribution in [3.63, 3.8) is 0 Å². The average Bonchev–Trinajstić information content (AvgIpc) is 1.25. The van der Waals surface area contributed by atoms with E-state index < -0.39 is 17.2 Å². The van der Waals surface area contributed by atoms with Crippen molar-refractivity contribution in [2.75, 3.05) is 0 Å². The van der Waals surface area contributed by atoms with E-state index in [0.29, 0.717) is 0 Å². The van der Waals surface area contributed by atoms with Gasteiger partial charge in [0.2, 0.25) is 0 Å². The molecule has 12 N–H and O–H groups in total. The van der Waals surface area contributed by atoms with Crippen LogP contribution in [0.1, 0.15) is 4.28 Å². The van der Waals surface area contributed by atoms with Crippen molar-refractivity contribution in [2.24, 2.45) is 0 Å². The molecule has 76 valence electrons. The molecule has 0 aliphatic carbocycles. The summed E-state index contributed by atoms with van der Waals surface area (Å²) in [6.07, 6.45) is 0. The second kappa shape index (κ2) is 22.4. The first kappa shape index (κ1) is 30.0. The number of rotatable bonds is 0. The molecule has 0 bridgehead atoms. The van der Waals surface area contributed by atoms with Gasteiger partial charge in [0.1, 0.15) is 0 Å². The van der Waals surface area contributed by atoms with Crippen LogP contribution in [0.3, 0.4) is 0 Å². The maximum Gasteiger partial charge on any atom is 1.00 e. The number of hydrogen-bond acceptors (Lipinski definition) is 9. The average molecular weight is 215 g/mol. The summed E-state index contributed by atoms with van der Waals surface area (Å²) in [6, 6.07) is 0. The summed E-state index contributed by atoms with van der Waals surface area (Å²) in [6.45, 7) is 0. The van der Waals surface area contributed by atoms with Gasteiger partial charge in [0.25, 0.3) is 0 Å². The van der Waals surface area contributed by atoms with E-state index in [0.717, 1.165) is 0 Å². The SMILES string of the molecule is N.N.N.OP(O)O.[H+].[H+].[H+].[O-]P([O-])[O-]. The van der Waals surface area contributed by atoms with E-state index in [1.165, 1.54) is 0 Å². The van der Waals surface area contributed by atoms with Gasteiger partial charge in [-0.3, -0.25) is 0 Å². The molecule has 0 spiro atoms. The molecule has 0 saturated heterocycles. The summed E-state index contributed by atoms with van der Waals surface area (Å²) in [5, 5.41) is 0. The summed E-state index contributed by atoms with van der Waals surface area (Å²) in [5.74, 6) is 0. The minimum absolute atomic E-state index is 0. The normalized spacial score (nSPS) is 6.55. The summed E-state index contributed by atoms with van der Waals surface area (Å²) in [5.41, 5.74) is 0. The first-order valence-electron chi connectivity index (χ1n) is 1.15. The minimum Gasteiger partial charge on any atom is -0.854 e. The Morgan fingerprint density at radius 1 is 0.818 bits per heavy atom. The van der Waals surface area contributed by atoms with Crippen molar-refractivity contribution in [3.05, 3.63) is 0 Å². The summed E-state index contributed by atoms with van der Waals surface area (Å²) in [4.78, 5) is 47.1. The fourth-order valence-electron chi connectivity index (χ4n) is 0. The van der Waals surface area contributed by atoms with Crippen LogP contribution in [-0.2, 0) is 0 Å². The third-order valence-electron chi connectivity index (χ3n) is 0. The smallest absolute Gasteiger partial charge is 0.854 e. The van der Waals surface area contributed by atoms with E-state index in [1.54, 1.807) is 0 Å². The van der Waals surface area contributed by atoms with E-state index in [1.807, 2.05) is 0 Å². The predicted molar refractivity (Wildman–Crippen MR) is 38.9 cm³/mol.